The molecule has 0 aliphatic carbocycles. The third kappa shape index (κ3) is 2.13. The fourth-order valence-electron chi connectivity index (χ4n) is 2.61. The molecule has 2 N–H and O–H groups in total. The quantitative estimate of drug-likeness (QED) is 0.881. The Bertz CT molecular complexity index is 636. The first kappa shape index (κ1) is 12.7. The van der Waals surface area contributed by atoms with E-state index in [9.17, 15) is 10.2 Å². The van der Waals surface area contributed by atoms with Crippen LogP contribution in [-0.2, 0) is 6.42 Å². The van der Waals surface area contributed by atoms with Crippen LogP contribution in [0.15, 0.2) is 36.4 Å². The number of benzene rings is 2. The van der Waals surface area contributed by atoms with Crippen molar-refractivity contribution in [1.29, 1.82) is 0 Å². The Labute approximate surface area is 117 Å². The fraction of sp³-hybridized carbons (Fsp3) is 0.250. The largest absolute Gasteiger partial charge is 0.508 e. The first-order valence-electron chi connectivity index (χ1n) is 6.53. The van der Waals surface area contributed by atoms with E-state index in [4.69, 9.17) is 9.47 Å². The van der Waals surface area contributed by atoms with Crippen LogP contribution in [0.25, 0.3) is 0 Å². The molecular weight excluding hydrogens is 256 g/mol. The Balaban J connectivity index is 1.96. The van der Waals surface area contributed by atoms with Crippen LogP contribution in [0.2, 0.25) is 0 Å². The lowest BCUT2D eigenvalue weighted by molar-refractivity contribution is 0.170. The zero-order chi connectivity index (χ0) is 14.1. The van der Waals surface area contributed by atoms with E-state index in [1.807, 2.05) is 12.1 Å². The van der Waals surface area contributed by atoms with Gasteiger partial charge in [0.15, 0.2) is 0 Å². The van der Waals surface area contributed by atoms with E-state index >= 15 is 0 Å². The van der Waals surface area contributed by atoms with E-state index in [1.165, 1.54) is 0 Å². The van der Waals surface area contributed by atoms with Gasteiger partial charge in [0.2, 0.25) is 0 Å². The van der Waals surface area contributed by atoms with Crippen molar-refractivity contribution in [3.05, 3.63) is 47.5 Å². The Hall–Kier alpha value is -2.36. The molecule has 104 valence electrons. The number of aromatic hydroxyl groups is 2. The van der Waals surface area contributed by atoms with Gasteiger partial charge in [-0.2, -0.15) is 0 Å². The fourth-order valence-corrected chi connectivity index (χ4v) is 2.61. The summed E-state index contributed by atoms with van der Waals surface area (Å²) in [7, 11) is 1.57. The number of ether oxygens (including phenoxy) is 2. The van der Waals surface area contributed by atoms with E-state index in [0.717, 1.165) is 24.0 Å². The van der Waals surface area contributed by atoms with Gasteiger partial charge < -0.3 is 19.7 Å². The summed E-state index contributed by atoms with van der Waals surface area (Å²) in [5.41, 5.74) is 1.72. The predicted molar refractivity (Wildman–Crippen MR) is 74.5 cm³/mol. The molecule has 1 unspecified atom stereocenters. The molecule has 0 saturated carbocycles. The third-order valence-corrected chi connectivity index (χ3v) is 3.58. The summed E-state index contributed by atoms with van der Waals surface area (Å²) in [4.78, 5) is 0. The molecule has 0 bridgehead atoms. The summed E-state index contributed by atoms with van der Waals surface area (Å²) in [6.07, 6.45) is 1.32. The van der Waals surface area contributed by atoms with Crippen molar-refractivity contribution in [3.63, 3.8) is 0 Å². The first-order valence-corrected chi connectivity index (χ1v) is 6.53. The van der Waals surface area contributed by atoms with E-state index in [-0.39, 0.29) is 17.6 Å². The number of para-hydroxylation sites is 1. The van der Waals surface area contributed by atoms with Gasteiger partial charge in [0.25, 0.3) is 0 Å². The number of hydrogen-bond donors (Lipinski definition) is 2. The molecule has 4 heteroatoms. The average molecular weight is 272 g/mol. The van der Waals surface area contributed by atoms with E-state index < -0.39 is 0 Å². The molecule has 20 heavy (non-hydrogen) atoms. The molecule has 1 heterocycles. The van der Waals surface area contributed by atoms with Crippen molar-refractivity contribution in [2.45, 2.75) is 18.9 Å². The van der Waals surface area contributed by atoms with Gasteiger partial charge in [-0.3, -0.25) is 0 Å². The summed E-state index contributed by atoms with van der Waals surface area (Å²) in [5.74, 6) is 1.59. The van der Waals surface area contributed by atoms with Crippen LogP contribution in [-0.4, -0.2) is 17.3 Å². The Morgan fingerprint density at radius 2 is 2.00 bits per heavy atom. The standard InChI is InChI=1S/C16H16O4/c1-19-15-8-10(17)9-16-12(15)6-7-14(20-16)11-4-2-3-5-13(11)18/h2-5,8-9,14,17-18H,6-7H2,1H3. The molecular formula is C16H16O4. The van der Waals surface area contributed by atoms with Crippen molar-refractivity contribution >= 4 is 0 Å². The second kappa shape index (κ2) is 4.96. The SMILES string of the molecule is COc1cc(O)cc2c1CCC(c1ccccc1O)O2. The molecule has 3 rings (SSSR count). The molecule has 2 aromatic rings. The van der Waals surface area contributed by atoms with Gasteiger partial charge in [0.05, 0.1) is 7.11 Å². The van der Waals surface area contributed by atoms with Gasteiger partial charge in [-0.15, -0.1) is 0 Å². The summed E-state index contributed by atoms with van der Waals surface area (Å²) < 4.78 is 11.2. The molecule has 0 aromatic heterocycles. The lowest BCUT2D eigenvalue weighted by Gasteiger charge is -2.28. The predicted octanol–water partition coefficient (Wildman–Crippen LogP) is 3.17. The Morgan fingerprint density at radius 3 is 2.75 bits per heavy atom. The topological polar surface area (TPSA) is 58.9 Å². The van der Waals surface area contributed by atoms with E-state index in [2.05, 4.69) is 0 Å². The molecule has 1 aliphatic rings. The minimum absolute atomic E-state index is 0.110. The highest BCUT2D eigenvalue weighted by Crippen LogP contribution is 2.43. The Morgan fingerprint density at radius 1 is 1.20 bits per heavy atom. The summed E-state index contributed by atoms with van der Waals surface area (Å²) in [6, 6.07) is 10.3. The van der Waals surface area contributed by atoms with Crippen LogP contribution >= 0.6 is 0 Å². The van der Waals surface area contributed by atoms with Crippen molar-refractivity contribution in [3.8, 4) is 23.0 Å². The third-order valence-electron chi connectivity index (χ3n) is 3.58. The number of hydrogen-bond acceptors (Lipinski definition) is 4. The van der Waals surface area contributed by atoms with Crippen LogP contribution < -0.4 is 9.47 Å². The number of fused-ring (bicyclic) bond motifs is 1. The average Bonchev–Trinajstić information content (AvgIpc) is 2.46. The van der Waals surface area contributed by atoms with Gasteiger partial charge in [-0.25, -0.2) is 0 Å². The maximum atomic E-state index is 9.91. The molecule has 2 aromatic carbocycles. The van der Waals surface area contributed by atoms with Crippen molar-refractivity contribution in [2.75, 3.05) is 7.11 Å². The van der Waals surface area contributed by atoms with Gasteiger partial charge in [-0.05, 0) is 18.9 Å². The minimum atomic E-state index is -0.213. The van der Waals surface area contributed by atoms with Gasteiger partial charge in [-0.1, -0.05) is 18.2 Å². The maximum absolute atomic E-state index is 9.91. The summed E-state index contributed by atoms with van der Waals surface area (Å²) in [5, 5.41) is 19.6. The zero-order valence-corrected chi connectivity index (χ0v) is 11.2. The maximum Gasteiger partial charge on any atom is 0.130 e. The van der Waals surface area contributed by atoms with Crippen LogP contribution in [0.1, 0.15) is 23.7 Å². The van der Waals surface area contributed by atoms with Crippen LogP contribution in [0, 0.1) is 0 Å². The van der Waals surface area contributed by atoms with Gasteiger partial charge in [0, 0.05) is 23.3 Å². The van der Waals surface area contributed by atoms with Crippen molar-refractivity contribution in [2.24, 2.45) is 0 Å². The van der Waals surface area contributed by atoms with Crippen LogP contribution in [0.5, 0.6) is 23.0 Å². The Kier molecular flexibility index (Phi) is 3.14. The van der Waals surface area contributed by atoms with E-state index in [1.54, 1.807) is 31.4 Å². The van der Waals surface area contributed by atoms with Crippen LogP contribution in [0.4, 0.5) is 0 Å². The zero-order valence-electron chi connectivity index (χ0n) is 11.2. The highest BCUT2D eigenvalue weighted by Gasteiger charge is 2.26. The number of phenols is 2. The molecule has 1 atom stereocenters. The normalized spacial score (nSPS) is 17.1. The van der Waals surface area contributed by atoms with Crippen molar-refractivity contribution < 1.29 is 19.7 Å². The first-order chi connectivity index (χ1) is 9.69. The van der Waals surface area contributed by atoms with Gasteiger partial charge >= 0.3 is 0 Å². The number of rotatable bonds is 2. The number of methoxy groups -OCH3 is 1. The van der Waals surface area contributed by atoms with E-state index in [0.29, 0.717) is 11.5 Å². The molecule has 0 spiro atoms. The summed E-state index contributed by atoms with van der Waals surface area (Å²) >= 11 is 0. The molecule has 1 aliphatic heterocycles. The smallest absolute Gasteiger partial charge is 0.130 e. The second-order valence-electron chi connectivity index (χ2n) is 4.83. The molecule has 0 amide bonds. The monoisotopic (exact) mass is 272 g/mol. The molecule has 0 radical (unpaired) electrons. The highest BCUT2D eigenvalue weighted by molar-refractivity contribution is 5.52. The number of phenolic OH excluding ortho intramolecular Hbond substituents is 2. The lowest BCUT2D eigenvalue weighted by atomic mass is 9.96. The van der Waals surface area contributed by atoms with Crippen LogP contribution in [0.3, 0.4) is 0 Å². The minimum Gasteiger partial charge on any atom is -0.508 e. The molecule has 0 fully saturated rings. The van der Waals surface area contributed by atoms with Gasteiger partial charge in [0.1, 0.15) is 29.1 Å². The second-order valence-corrected chi connectivity index (χ2v) is 4.83. The molecule has 4 nitrogen and oxygen atoms in total. The summed E-state index contributed by atoms with van der Waals surface area (Å²) in [6.45, 7) is 0. The van der Waals surface area contributed by atoms with Crippen molar-refractivity contribution in [1.82, 2.24) is 0 Å². The highest BCUT2D eigenvalue weighted by atomic mass is 16.5. The lowest BCUT2D eigenvalue weighted by Crippen LogP contribution is -2.15. The molecule has 0 saturated heterocycles.